The molecule has 0 saturated carbocycles. The highest BCUT2D eigenvalue weighted by molar-refractivity contribution is 5.80. The first-order valence-corrected chi connectivity index (χ1v) is 6.74. The van der Waals surface area contributed by atoms with Crippen LogP contribution in [0.3, 0.4) is 0 Å². The largest absolute Gasteiger partial charge is 0.354 e. The van der Waals surface area contributed by atoms with Gasteiger partial charge in [-0.3, -0.25) is 9.59 Å². The lowest BCUT2D eigenvalue weighted by atomic mass is 9.97. The summed E-state index contributed by atoms with van der Waals surface area (Å²) in [6.45, 7) is 4.78. The van der Waals surface area contributed by atoms with Gasteiger partial charge in [-0.25, -0.2) is 0 Å². The Morgan fingerprint density at radius 2 is 2.29 bits per heavy atom. The molecular formula is C13H24N2O2. The smallest absolute Gasteiger partial charge is 0.223 e. The lowest BCUT2D eigenvalue weighted by Gasteiger charge is -2.25. The summed E-state index contributed by atoms with van der Waals surface area (Å²) in [4.78, 5) is 23.0. The van der Waals surface area contributed by atoms with Crippen molar-refractivity contribution in [2.24, 2.45) is 5.92 Å². The number of carbonyl (C=O) groups is 2. The number of nitrogens with one attached hydrogen (secondary N) is 2. The Morgan fingerprint density at radius 3 is 2.82 bits per heavy atom. The maximum atomic E-state index is 12.0. The van der Waals surface area contributed by atoms with E-state index in [-0.39, 0.29) is 23.8 Å². The Morgan fingerprint density at radius 1 is 1.53 bits per heavy atom. The zero-order valence-corrected chi connectivity index (χ0v) is 10.9. The van der Waals surface area contributed by atoms with Crippen molar-refractivity contribution in [3.63, 3.8) is 0 Å². The normalized spacial score (nSPS) is 21.8. The summed E-state index contributed by atoms with van der Waals surface area (Å²) < 4.78 is 0. The quantitative estimate of drug-likeness (QED) is 0.741. The van der Waals surface area contributed by atoms with E-state index in [0.29, 0.717) is 13.0 Å². The minimum absolute atomic E-state index is 0.0912. The van der Waals surface area contributed by atoms with E-state index in [4.69, 9.17) is 0 Å². The lowest BCUT2D eigenvalue weighted by Crippen LogP contribution is -2.49. The fourth-order valence-electron chi connectivity index (χ4n) is 2.15. The number of piperidine rings is 1. The molecule has 0 spiro atoms. The average Bonchev–Trinajstić information content (AvgIpc) is 2.33. The number of amides is 2. The predicted octanol–water partition coefficient (Wildman–Crippen LogP) is 1.60. The average molecular weight is 240 g/mol. The second-order valence-corrected chi connectivity index (χ2v) is 4.80. The SMILES string of the molecule is CCCCC(CC)C(=O)NC1CCC(=O)NC1. The molecule has 1 rings (SSSR count). The zero-order chi connectivity index (χ0) is 12.7. The van der Waals surface area contributed by atoms with Crippen LogP contribution in [0.25, 0.3) is 0 Å². The Hall–Kier alpha value is -1.06. The molecule has 1 heterocycles. The molecule has 0 radical (unpaired) electrons. The molecule has 2 N–H and O–H groups in total. The highest BCUT2D eigenvalue weighted by atomic mass is 16.2. The van der Waals surface area contributed by atoms with Crippen molar-refractivity contribution >= 4 is 11.8 Å². The third-order valence-electron chi connectivity index (χ3n) is 3.38. The van der Waals surface area contributed by atoms with Crippen molar-refractivity contribution in [3.05, 3.63) is 0 Å². The Kier molecular flexibility index (Phi) is 6.01. The minimum atomic E-state index is 0.0912. The summed E-state index contributed by atoms with van der Waals surface area (Å²) >= 11 is 0. The fourth-order valence-corrected chi connectivity index (χ4v) is 2.15. The zero-order valence-electron chi connectivity index (χ0n) is 10.9. The summed E-state index contributed by atoms with van der Waals surface area (Å²) in [6.07, 6.45) is 5.39. The molecular weight excluding hydrogens is 216 g/mol. The molecule has 1 saturated heterocycles. The number of hydrogen-bond donors (Lipinski definition) is 2. The summed E-state index contributed by atoms with van der Waals surface area (Å²) in [7, 11) is 0. The van der Waals surface area contributed by atoms with Gasteiger partial charge in [0.05, 0.1) is 0 Å². The van der Waals surface area contributed by atoms with Crippen LogP contribution in [0, 0.1) is 5.92 Å². The van der Waals surface area contributed by atoms with Gasteiger partial charge in [0.1, 0.15) is 0 Å². The molecule has 1 aliphatic rings. The molecule has 0 bridgehead atoms. The molecule has 2 atom stereocenters. The van der Waals surface area contributed by atoms with Crippen LogP contribution in [0.5, 0.6) is 0 Å². The summed E-state index contributed by atoms with van der Waals surface area (Å²) in [5.74, 6) is 0.378. The molecule has 0 aromatic rings. The highest BCUT2D eigenvalue weighted by Crippen LogP contribution is 2.13. The molecule has 98 valence electrons. The fraction of sp³-hybridized carbons (Fsp3) is 0.846. The van der Waals surface area contributed by atoms with Crippen LogP contribution in [0.4, 0.5) is 0 Å². The van der Waals surface area contributed by atoms with Crippen molar-refractivity contribution < 1.29 is 9.59 Å². The van der Waals surface area contributed by atoms with E-state index in [1.54, 1.807) is 0 Å². The van der Waals surface area contributed by atoms with Crippen molar-refractivity contribution in [1.82, 2.24) is 10.6 Å². The van der Waals surface area contributed by atoms with Crippen molar-refractivity contribution in [1.29, 1.82) is 0 Å². The van der Waals surface area contributed by atoms with Crippen LogP contribution in [-0.2, 0) is 9.59 Å². The summed E-state index contributed by atoms with van der Waals surface area (Å²) in [5.41, 5.74) is 0. The van der Waals surface area contributed by atoms with E-state index < -0.39 is 0 Å². The maximum absolute atomic E-state index is 12.0. The Bertz CT molecular complexity index is 256. The van der Waals surface area contributed by atoms with Crippen LogP contribution in [0.1, 0.15) is 52.4 Å². The van der Waals surface area contributed by atoms with Crippen LogP contribution in [-0.4, -0.2) is 24.4 Å². The van der Waals surface area contributed by atoms with Gasteiger partial charge in [-0.2, -0.15) is 0 Å². The van der Waals surface area contributed by atoms with E-state index in [1.165, 1.54) is 0 Å². The Balaban J connectivity index is 2.33. The van der Waals surface area contributed by atoms with Gasteiger partial charge in [0.2, 0.25) is 11.8 Å². The van der Waals surface area contributed by atoms with E-state index in [9.17, 15) is 9.59 Å². The van der Waals surface area contributed by atoms with Gasteiger partial charge in [0.15, 0.2) is 0 Å². The molecule has 1 aliphatic heterocycles. The topological polar surface area (TPSA) is 58.2 Å². The van der Waals surface area contributed by atoms with Gasteiger partial charge in [0.25, 0.3) is 0 Å². The molecule has 0 aliphatic carbocycles. The van der Waals surface area contributed by atoms with Gasteiger partial charge in [-0.1, -0.05) is 26.7 Å². The standard InChI is InChI=1S/C13H24N2O2/c1-3-5-6-10(4-2)13(17)15-11-7-8-12(16)14-9-11/h10-11H,3-9H2,1-2H3,(H,14,16)(H,15,17). The Labute approximate surface area is 104 Å². The van der Waals surface area contributed by atoms with E-state index in [2.05, 4.69) is 24.5 Å². The second kappa shape index (κ2) is 7.30. The van der Waals surface area contributed by atoms with Gasteiger partial charge in [-0.15, -0.1) is 0 Å². The predicted molar refractivity (Wildman–Crippen MR) is 67.5 cm³/mol. The molecule has 0 aromatic heterocycles. The van der Waals surface area contributed by atoms with Crippen LogP contribution in [0.2, 0.25) is 0 Å². The van der Waals surface area contributed by atoms with E-state index in [0.717, 1.165) is 32.1 Å². The number of rotatable bonds is 6. The van der Waals surface area contributed by atoms with Gasteiger partial charge in [0, 0.05) is 24.9 Å². The highest BCUT2D eigenvalue weighted by Gasteiger charge is 2.22. The molecule has 17 heavy (non-hydrogen) atoms. The second-order valence-electron chi connectivity index (χ2n) is 4.80. The van der Waals surface area contributed by atoms with E-state index >= 15 is 0 Å². The van der Waals surface area contributed by atoms with Crippen molar-refractivity contribution in [2.75, 3.05) is 6.54 Å². The minimum Gasteiger partial charge on any atom is -0.354 e. The first kappa shape index (κ1) is 14.0. The van der Waals surface area contributed by atoms with E-state index in [1.807, 2.05) is 0 Å². The molecule has 2 unspecified atom stereocenters. The maximum Gasteiger partial charge on any atom is 0.223 e. The van der Waals surface area contributed by atoms with Gasteiger partial charge < -0.3 is 10.6 Å². The lowest BCUT2D eigenvalue weighted by molar-refractivity contribution is -0.128. The van der Waals surface area contributed by atoms with Gasteiger partial charge in [-0.05, 0) is 19.3 Å². The number of hydrogen-bond acceptors (Lipinski definition) is 2. The monoisotopic (exact) mass is 240 g/mol. The van der Waals surface area contributed by atoms with Crippen molar-refractivity contribution in [3.8, 4) is 0 Å². The van der Waals surface area contributed by atoms with Gasteiger partial charge >= 0.3 is 0 Å². The third-order valence-corrected chi connectivity index (χ3v) is 3.38. The third kappa shape index (κ3) is 4.75. The molecule has 4 heteroatoms. The first-order valence-electron chi connectivity index (χ1n) is 6.74. The number of carbonyl (C=O) groups excluding carboxylic acids is 2. The summed E-state index contributed by atoms with van der Waals surface area (Å²) in [5, 5.41) is 5.83. The van der Waals surface area contributed by atoms with Crippen molar-refractivity contribution in [2.45, 2.75) is 58.4 Å². The van der Waals surface area contributed by atoms with Crippen LogP contribution < -0.4 is 10.6 Å². The first-order chi connectivity index (χ1) is 8.17. The molecule has 1 fully saturated rings. The molecule has 4 nitrogen and oxygen atoms in total. The molecule has 0 aromatic carbocycles. The van der Waals surface area contributed by atoms with Crippen LogP contribution >= 0.6 is 0 Å². The molecule has 2 amide bonds. The number of unbranched alkanes of at least 4 members (excludes halogenated alkanes) is 1. The van der Waals surface area contributed by atoms with Crippen LogP contribution in [0.15, 0.2) is 0 Å². The summed E-state index contributed by atoms with van der Waals surface area (Å²) in [6, 6.07) is 0.121.